The highest BCUT2D eigenvalue weighted by atomic mass is 32.1. The van der Waals surface area contributed by atoms with Crippen molar-refractivity contribution in [3.8, 4) is 0 Å². The third-order valence-corrected chi connectivity index (χ3v) is 6.40. The first-order chi connectivity index (χ1) is 12.7. The first kappa shape index (κ1) is 19.7. The average molecular weight is 378 g/mol. The van der Waals surface area contributed by atoms with Crippen LogP contribution in [0.25, 0.3) is 10.2 Å². The lowest BCUT2D eigenvalue weighted by atomic mass is 9.88. The standard InChI is InChI=1S/C20H31N3O2S/c1-15-21-18(14-23(9-11-24-2)10-12-25-3)17-13-19(26-20(17)22-15)16-7-5-4-6-8-16/h13,16H,4-12,14H2,1-3H3. The van der Waals surface area contributed by atoms with Crippen molar-refractivity contribution in [2.45, 2.75) is 51.5 Å². The van der Waals surface area contributed by atoms with E-state index in [0.29, 0.717) is 19.1 Å². The van der Waals surface area contributed by atoms with Crippen LogP contribution in [-0.4, -0.2) is 55.4 Å². The van der Waals surface area contributed by atoms with Crippen molar-refractivity contribution >= 4 is 21.6 Å². The lowest BCUT2D eigenvalue weighted by molar-refractivity contribution is 0.110. The lowest BCUT2D eigenvalue weighted by Gasteiger charge is -2.21. The Hall–Kier alpha value is -1.08. The van der Waals surface area contributed by atoms with Gasteiger partial charge in [-0.3, -0.25) is 4.90 Å². The number of aromatic nitrogens is 2. The smallest absolute Gasteiger partial charge is 0.127 e. The number of thiophene rings is 1. The molecule has 0 aromatic carbocycles. The van der Waals surface area contributed by atoms with Crippen molar-refractivity contribution in [2.75, 3.05) is 40.5 Å². The summed E-state index contributed by atoms with van der Waals surface area (Å²) in [5, 5.41) is 1.24. The molecule has 0 radical (unpaired) electrons. The molecular formula is C20H31N3O2S. The molecule has 2 aromatic heterocycles. The molecule has 2 heterocycles. The van der Waals surface area contributed by atoms with E-state index in [1.54, 1.807) is 14.2 Å². The summed E-state index contributed by atoms with van der Waals surface area (Å²) in [5.41, 5.74) is 1.14. The van der Waals surface area contributed by atoms with Crippen LogP contribution in [0.15, 0.2) is 6.07 Å². The van der Waals surface area contributed by atoms with Gasteiger partial charge < -0.3 is 9.47 Å². The number of nitrogens with zero attached hydrogens (tertiary/aromatic N) is 3. The maximum absolute atomic E-state index is 5.27. The lowest BCUT2D eigenvalue weighted by Crippen LogP contribution is -2.30. The number of methoxy groups -OCH3 is 2. The summed E-state index contributed by atoms with van der Waals surface area (Å²) in [6, 6.07) is 2.37. The molecule has 144 valence electrons. The van der Waals surface area contributed by atoms with Gasteiger partial charge in [-0.25, -0.2) is 9.97 Å². The number of rotatable bonds is 9. The van der Waals surface area contributed by atoms with Crippen LogP contribution in [0.5, 0.6) is 0 Å². The van der Waals surface area contributed by atoms with Crippen LogP contribution in [0.2, 0.25) is 0 Å². The van der Waals surface area contributed by atoms with Gasteiger partial charge in [0.25, 0.3) is 0 Å². The van der Waals surface area contributed by atoms with Gasteiger partial charge >= 0.3 is 0 Å². The van der Waals surface area contributed by atoms with Gasteiger partial charge in [0.15, 0.2) is 0 Å². The quantitative estimate of drug-likeness (QED) is 0.657. The van der Waals surface area contributed by atoms with E-state index in [2.05, 4.69) is 11.0 Å². The zero-order valence-electron chi connectivity index (χ0n) is 16.3. The van der Waals surface area contributed by atoms with E-state index in [1.807, 2.05) is 18.3 Å². The third kappa shape index (κ3) is 5.00. The number of hydrogen-bond donors (Lipinski definition) is 0. The summed E-state index contributed by atoms with van der Waals surface area (Å²) in [6.07, 6.45) is 6.75. The van der Waals surface area contributed by atoms with Gasteiger partial charge in [-0.15, -0.1) is 11.3 Å². The molecule has 2 aromatic rings. The highest BCUT2D eigenvalue weighted by Crippen LogP contribution is 2.39. The van der Waals surface area contributed by atoms with Crippen molar-refractivity contribution < 1.29 is 9.47 Å². The molecule has 1 aliphatic rings. The molecule has 0 spiro atoms. The van der Waals surface area contributed by atoms with Gasteiger partial charge in [-0.1, -0.05) is 19.3 Å². The SMILES string of the molecule is COCCN(CCOC)Cc1nc(C)nc2sc(C3CCCCC3)cc12. The summed E-state index contributed by atoms with van der Waals surface area (Å²) < 4.78 is 10.5. The third-order valence-electron chi connectivity index (χ3n) is 5.21. The van der Waals surface area contributed by atoms with E-state index in [4.69, 9.17) is 19.4 Å². The van der Waals surface area contributed by atoms with E-state index in [0.717, 1.165) is 36.0 Å². The van der Waals surface area contributed by atoms with Gasteiger partial charge in [0.1, 0.15) is 10.7 Å². The molecule has 6 heteroatoms. The van der Waals surface area contributed by atoms with Crippen molar-refractivity contribution in [1.82, 2.24) is 14.9 Å². The van der Waals surface area contributed by atoms with E-state index in [-0.39, 0.29) is 0 Å². The van der Waals surface area contributed by atoms with Crippen molar-refractivity contribution in [3.05, 3.63) is 22.5 Å². The summed E-state index contributed by atoms with van der Waals surface area (Å²) in [5.74, 6) is 1.58. The maximum Gasteiger partial charge on any atom is 0.127 e. The predicted octanol–water partition coefficient (Wildman–Crippen LogP) is 4.14. The fraction of sp³-hybridized carbons (Fsp3) is 0.700. The molecule has 0 bridgehead atoms. The second-order valence-corrected chi connectivity index (χ2v) is 8.24. The molecule has 1 fully saturated rings. The zero-order valence-corrected chi connectivity index (χ0v) is 17.1. The first-order valence-electron chi connectivity index (χ1n) is 9.68. The van der Waals surface area contributed by atoms with Crippen LogP contribution in [0, 0.1) is 6.92 Å². The molecule has 0 N–H and O–H groups in total. The number of hydrogen-bond acceptors (Lipinski definition) is 6. The van der Waals surface area contributed by atoms with E-state index in [9.17, 15) is 0 Å². The van der Waals surface area contributed by atoms with Crippen LogP contribution >= 0.6 is 11.3 Å². The van der Waals surface area contributed by atoms with Crippen molar-refractivity contribution in [3.63, 3.8) is 0 Å². The molecule has 0 saturated heterocycles. The minimum atomic E-state index is 0.716. The fourth-order valence-corrected chi connectivity index (χ4v) is 5.02. The second-order valence-electron chi connectivity index (χ2n) is 7.18. The molecule has 0 aliphatic heterocycles. The Bertz CT molecular complexity index is 690. The number of aryl methyl sites for hydroxylation is 1. The summed E-state index contributed by atoms with van der Waals surface area (Å²) in [7, 11) is 3.49. The molecule has 26 heavy (non-hydrogen) atoms. The molecule has 1 aliphatic carbocycles. The topological polar surface area (TPSA) is 47.5 Å². The minimum absolute atomic E-state index is 0.716. The molecule has 0 unspecified atom stereocenters. The molecular weight excluding hydrogens is 346 g/mol. The first-order valence-corrected chi connectivity index (χ1v) is 10.5. The Morgan fingerprint density at radius 2 is 1.77 bits per heavy atom. The molecule has 3 rings (SSSR count). The van der Waals surface area contributed by atoms with Gasteiger partial charge in [0.05, 0.1) is 18.9 Å². The second kappa shape index (κ2) is 9.74. The molecule has 5 nitrogen and oxygen atoms in total. The van der Waals surface area contributed by atoms with Crippen LogP contribution in [0.3, 0.4) is 0 Å². The fourth-order valence-electron chi connectivity index (χ4n) is 3.75. The summed E-state index contributed by atoms with van der Waals surface area (Å²) in [6.45, 7) is 6.00. The molecule has 1 saturated carbocycles. The van der Waals surface area contributed by atoms with Crippen molar-refractivity contribution in [1.29, 1.82) is 0 Å². The van der Waals surface area contributed by atoms with Gasteiger partial charge in [0, 0.05) is 44.1 Å². The number of ether oxygens (including phenoxy) is 2. The maximum atomic E-state index is 5.27. The molecule has 0 amide bonds. The summed E-state index contributed by atoms with van der Waals surface area (Å²) >= 11 is 1.88. The van der Waals surface area contributed by atoms with Gasteiger partial charge in [-0.2, -0.15) is 0 Å². The van der Waals surface area contributed by atoms with Gasteiger partial charge in [-0.05, 0) is 31.7 Å². The van der Waals surface area contributed by atoms with Gasteiger partial charge in [0.2, 0.25) is 0 Å². The Morgan fingerprint density at radius 3 is 2.42 bits per heavy atom. The normalized spacial score (nSPS) is 16.0. The number of fused-ring (bicyclic) bond motifs is 1. The predicted molar refractivity (Wildman–Crippen MR) is 107 cm³/mol. The van der Waals surface area contributed by atoms with Crippen LogP contribution in [0.4, 0.5) is 0 Å². The Morgan fingerprint density at radius 1 is 1.08 bits per heavy atom. The van der Waals surface area contributed by atoms with Crippen LogP contribution in [-0.2, 0) is 16.0 Å². The van der Waals surface area contributed by atoms with Crippen LogP contribution in [0.1, 0.15) is 54.4 Å². The Balaban J connectivity index is 1.84. The highest BCUT2D eigenvalue weighted by Gasteiger charge is 2.20. The highest BCUT2D eigenvalue weighted by molar-refractivity contribution is 7.18. The Kier molecular flexibility index (Phi) is 7.37. The zero-order chi connectivity index (χ0) is 18.4. The largest absolute Gasteiger partial charge is 0.383 e. The van der Waals surface area contributed by atoms with E-state index in [1.165, 1.54) is 42.4 Å². The van der Waals surface area contributed by atoms with E-state index >= 15 is 0 Å². The van der Waals surface area contributed by atoms with E-state index < -0.39 is 0 Å². The minimum Gasteiger partial charge on any atom is -0.383 e. The summed E-state index contributed by atoms with van der Waals surface area (Å²) in [4.78, 5) is 14.5. The Labute approximate surface area is 160 Å². The van der Waals surface area contributed by atoms with Crippen molar-refractivity contribution in [2.24, 2.45) is 0 Å². The average Bonchev–Trinajstić information content (AvgIpc) is 3.08. The molecule has 0 atom stereocenters. The monoisotopic (exact) mass is 377 g/mol. The van der Waals surface area contributed by atoms with Crippen LogP contribution < -0.4 is 0 Å².